The fraction of sp³-hybridized carbons (Fsp3) is 0.286. The maximum absolute atomic E-state index is 12.7. The standard InChI is InChI=1S/C21H22N2O5/c1-2-28-21(27)15-5-9-17(10-6-15)23-19(25)13-18(20(23)26)22-16-7-3-14(4-8-16)11-12-24/h3-10,18,22,24H,2,11-13H2,1H3/t18-/m0/s1. The molecule has 146 valence electrons. The molecule has 1 aliphatic heterocycles. The van der Waals surface area contributed by atoms with Gasteiger partial charge in [-0.2, -0.15) is 0 Å². The average Bonchev–Trinajstić information content (AvgIpc) is 2.97. The predicted octanol–water partition coefficient (Wildman–Crippen LogP) is 2.14. The van der Waals surface area contributed by atoms with Gasteiger partial charge in [-0.25, -0.2) is 9.69 Å². The summed E-state index contributed by atoms with van der Waals surface area (Å²) in [6.45, 7) is 2.07. The molecule has 1 aliphatic rings. The molecule has 1 fully saturated rings. The number of nitrogens with zero attached hydrogens (tertiary/aromatic N) is 1. The maximum Gasteiger partial charge on any atom is 0.338 e. The summed E-state index contributed by atoms with van der Waals surface area (Å²) in [6.07, 6.45) is 0.619. The van der Waals surface area contributed by atoms with Crippen LogP contribution in [0.2, 0.25) is 0 Å². The molecule has 0 aromatic heterocycles. The van der Waals surface area contributed by atoms with Crippen LogP contribution in [0.1, 0.15) is 29.3 Å². The molecule has 1 atom stereocenters. The SMILES string of the molecule is CCOC(=O)c1ccc(N2C(=O)C[C@H](Nc3ccc(CCO)cc3)C2=O)cc1. The summed E-state index contributed by atoms with van der Waals surface area (Å²) in [7, 11) is 0. The average molecular weight is 382 g/mol. The van der Waals surface area contributed by atoms with Crippen LogP contribution in [0.25, 0.3) is 0 Å². The summed E-state index contributed by atoms with van der Waals surface area (Å²) >= 11 is 0. The molecule has 0 radical (unpaired) electrons. The topological polar surface area (TPSA) is 95.9 Å². The lowest BCUT2D eigenvalue weighted by atomic mass is 10.1. The van der Waals surface area contributed by atoms with Crippen LogP contribution in [0.3, 0.4) is 0 Å². The number of ether oxygens (including phenoxy) is 1. The highest BCUT2D eigenvalue weighted by Gasteiger charge is 2.39. The van der Waals surface area contributed by atoms with Crippen molar-refractivity contribution >= 4 is 29.2 Å². The lowest BCUT2D eigenvalue weighted by Gasteiger charge is -2.16. The van der Waals surface area contributed by atoms with Crippen LogP contribution in [-0.2, 0) is 20.7 Å². The summed E-state index contributed by atoms with van der Waals surface area (Å²) in [5.74, 6) is -1.09. The van der Waals surface area contributed by atoms with Crippen molar-refractivity contribution in [3.8, 4) is 0 Å². The van der Waals surface area contributed by atoms with E-state index in [1.54, 1.807) is 19.1 Å². The molecule has 2 aromatic rings. The molecule has 0 saturated carbocycles. The summed E-state index contributed by atoms with van der Waals surface area (Å²) in [5, 5.41) is 12.1. The Hall–Kier alpha value is -3.19. The van der Waals surface area contributed by atoms with Gasteiger partial charge in [-0.05, 0) is 55.3 Å². The lowest BCUT2D eigenvalue weighted by Crippen LogP contribution is -2.34. The molecule has 1 saturated heterocycles. The Kier molecular flexibility index (Phi) is 6.06. The first kappa shape index (κ1) is 19.6. The zero-order valence-electron chi connectivity index (χ0n) is 15.6. The Balaban J connectivity index is 1.70. The van der Waals surface area contributed by atoms with Crippen molar-refractivity contribution in [2.45, 2.75) is 25.8 Å². The van der Waals surface area contributed by atoms with Gasteiger partial charge in [0.25, 0.3) is 5.91 Å². The molecule has 0 aliphatic carbocycles. The van der Waals surface area contributed by atoms with Crippen LogP contribution in [0.4, 0.5) is 11.4 Å². The number of benzene rings is 2. The molecular formula is C21H22N2O5. The fourth-order valence-electron chi connectivity index (χ4n) is 3.07. The molecule has 2 aromatic carbocycles. The van der Waals surface area contributed by atoms with Gasteiger partial charge in [0.05, 0.1) is 24.3 Å². The minimum atomic E-state index is -0.652. The van der Waals surface area contributed by atoms with Gasteiger partial charge in [-0.15, -0.1) is 0 Å². The van der Waals surface area contributed by atoms with Crippen LogP contribution in [0.15, 0.2) is 48.5 Å². The van der Waals surface area contributed by atoms with Gasteiger partial charge in [-0.3, -0.25) is 9.59 Å². The summed E-state index contributed by atoms with van der Waals surface area (Å²) in [6, 6.07) is 12.9. The third kappa shape index (κ3) is 4.20. The van der Waals surface area contributed by atoms with Gasteiger partial charge in [-0.1, -0.05) is 12.1 Å². The van der Waals surface area contributed by atoms with Crippen molar-refractivity contribution in [1.29, 1.82) is 0 Å². The highest BCUT2D eigenvalue weighted by Crippen LogP contribution is 2.25. The van der Waals surface area contributed by atoms with Gasteiger partial charge in [0, 0.05) is 12.3 Å². The molecule has 2 N–H and O–H groups in total. The third-order valence-corrected chi connectivity index (χ3v) is 4.48. The molecule has 7 nitrogen and oxygen atoms in total. The quantitative estimate of drug-likeness (QED) is 0.563. The van der Waals surface area contributed by atoms with Gasteiger partial charge in [0.1, 0.15) is 6.04 Å². The molecular weight excluding hydrogens is 360 g/mol. The maximum atomic E-state index is 12.7. The van der Waals surface area contributed by atoms with Crippen molar-refractivity contribution in [1.82, 2.24) is 0 Å². The number of anilines is 2. The van der Waals surface area contributed by atoms with Crippen LogP contribution >= 0.6 is 0 Å². The third-order valence-electron chi connectivity index (χ3n) is 4.48. The number of nitrogens with one attached hydrogen (secondary N) is 1. The number of esters is 1. The largest absolute Gasteiger partial charge is 0.462 e. The highest BCUT2D eigenvalue weighted by atomic mass is 16.5. The molecule has 0 spiro atoms. The number of aliphatic hydroxyl groups is 1. The van der Waals surface area contributed by atoms with E-state index >= 15 is 0 Å². The first-order valence-corrected chi connectivity index (χ1v) is 9.13. The van der Waals surface area contributed by atoms with Crippen LogP contribution in [-0.4, -0.2) is 42.1 Å². The van der Waals surface area contributed by atoms with Gasteiger partial charge in [0.15, 0.2) is 0 Å². The van der Waals surface area contributed by atoms with E-state index in [2.05, 4.69) is 5.32 Å². The van der Waals surface area contributed by atoms with Crippen molar-refractivity contribution in [2.75, 3.05) is 23.4 Å². The minimum absolute atomic E-state index is 0.0524. The van der Waals surface area contributed by atoms with Gasteiger partial charge < -0.3 is 15.2 Å². The van der Waals surface area contributed by atoms with E-state index < -0.39 is 12.0 Å². The number of rotatable bonds is 7. The van der Waals surface area contributed by atoms with Crippen molar-refractivity contribution < 1.29 is 24.2 Å². The Morgan fingerprint density at radius 3 is 2.43 bits per heavy atom. The molecule has 28 heavy (non-hydrogen) atoms. The number of amides is 2. The zero-order valence-corrected chi connectivity index (χ0v) is 15.6. The Bertz CT molecular complexity index is 861. The molecule has 0 unspecified atom stereocenters. The van der Waals surface area contributed by atoms with Crippen LogP contribution in [0.5, 0.6) is 0 Å². The van der Waals surface area contributed by atoms with E-state index in [4.69, 9.17) is 9.84 Å². The molecule has 0 bridgehead atoms. The smallest absolute Gasteiger partial charge is 0.338 e. The fourth-order valence-corrected chi connectivity index (χ4v) is 3.07. The van der Waals surface area contributed by atoms with E-state index in [9.17, 15) is 14.4 Å². The summed E-state index contributed by atoms with van der Waals surface area (Å²) in [4.78, 5) is 38.0. The monoisotopic (exact) mass is 382 g/mol. The van der Waals surface area contributed by atoms with E-state index in [0.29, 0.717) is 17.7 Å². The van der Waals surface area contributed by atoms with E-state index in [1.165, 1.54) is 12.1 Å². The van der Waals surface area contributed by atoms with Crippen molar-refractivity contribution in [3.63, 3.8) is 0 Å². The van der Waals surface area contributed by atoms with Gasteiger partial charge in [0.2, 0.25) is 5.91 Å². The summed E-state index contributed by atoms with van der Waals surface area (Å²) in [5.41, 5.74) is 2.51. The van der Waals surface area contributed by atoms with Crippen LogP contribution < -0.4 is 10.2 Å². The van der Waals surface area contributed by atoms with Gasteiger partial charge >= 0.3 is 5.97 Å². The molecule has 3 rings (SSSR count). The molecule has 1 heterocycles. The number of aliphatic hydroxyl groups excluding tert-OH is 1. The number of hydrogen-bond donors (Lipinski definition) is 2. The molecule has 2 amide bonds. The second-order valence-electron chi connectivity index (χ2n) is 6.41. The first-order chi connectivity index (χ1) is 13.5. The Morgan fingerprint density at radius 2 is 1.82 bits per heavy atom. The van der Waals surface area contributed by atoms with Crippen molar-refractivity contribution in [3.05, 3.63) is 59.7 Å². The Morgan fingerprint density at radius 1 is 1.14 bits per heavy atom. The lowest BCUT2D eigenvalue weighted by molar-refractivity contribution is -0.121. The normalized spacial score (nSPS) is 16.4. The number of carbonyl (C=O) groups excluding carboxylic acids is 3. The number of imide groups is 1. The Labute approximate surface area is 162 Å². The summed E-state index contributed by atoms with van der Waals surface area (Å²) < 4.78 is 4.93. The second-order valence-corrected chi connectivity index (χ2v) is 6.41. The van der Waals surface area contributed by atoms with E-state index in [1.807, 2.05) is 24.3 Å². The highest BCUT2D eigenvalue weighted by molar-refractivity contribution is 6.23. The van der Waals surface area contributed by atoms with Crippen molar-refractivity contribution in [2.24, 2.45) is 0 Å². The molecule has 7 heteroatoms. The van der Waals surface area contributed by atoms with E-state index in [-0.39, 0.29) is 31.4 Å². The van der Waals surface area contributed by atoms with E-state index in [0.717, 1.165) is 16.2 Å². The van der Waals surface area contributed by atoms with Crippen LogP contribution in [0, 0.1) is 0 Å². The second kappa shape index (κ2) is 8.67. The predicted molar refractivity (Wildman–Crippen MR) is 104 cm³/mol. The number of carbonyl (C=O) groups is 3. The first-order valence-electron chi connectivity index (χ1n) is 9.13. The minimum Gasteiger partial charge on any atom is -0.462 e. The zero-order chi connectivity index (χ0) is 20.1. The number of hydrogen-bond acceptors (Lipinski definition) is 6.